The second-order valence-corrected chi connectivity index (χ2v) is 4.44. The highest BCUT2D eigenvalue weighted by Gasteiger charge is 2.14. The first-order valence-corrected chi connectivity index (χ1v) is 5.61. The highest BCUT2D eigenvalue weighted by Crippen LogP contribution is 2.19. The summed E-state index contributed by atoms with van der Waals surface area (Å²) >= 11 is 3.44. The molecule has 2 rings (SSSR count). The van der Waals surface area contributed by atoms with E-state index in [1.807, 2.05) is 4.90 Å². The minimum absolute atomic E-state index is 0.0321. The fraction of sp³-hybridized carbons (Fsp3) is 0.300. The third-order valence-electron chi connectivity index (χ3n) is 2.29. The average molecular weight is 284 g/mol. The number of aromatic carboxylic acids is 1. The van der Waals surface area contributed by atoms with Crippen molar-refractivity contribution < 1.29 is 9.90 Å². The molecule has 84 valence electrons. The van der Waals surface area contributed by atoms with E-state index in [4.69, 9.17) is 5.11 Å². The molecule has 2 heterocycles. The van der Waals surface area contributed by atoms with Crippen LogP contribution in [0.3, 0.4) is 0 Å². The number of carboxylic acids is 1. The Morgan fingerprint density at radius 2 is 2.25 bits per heavy atom. The summed E-state index contributed by atoms with van der Waals surface area (Å²) in [4.78, 5) is 20.6. The highest BCUT2D eigenvalue weighted by atomic mass is 79.9. The van der Waals surface area contributed by atoms with Crippen LogP contribution >= 0.6 is 15.9 Å². The van der Waals surface area contributed by atoms with Gasteiger partial charge in [0, 0.05) is 11.0 Å². The Balaban J connectivity index is 2.16. The van der Waals surface area contributed by atoms with Gasteiger partial charge in [0.1, 0.15) is 5.82 Å². The molecular weight excluding hydrogens is 274 g/mol. The van der Waals surface area contributed by atoms with E-state index in [1.54, 1.807) is 0 Å². The van der Waals surface area contributed by atoms with Gasteiger partial charge in [-0.25, -0.2) is 14.8 Å². The summed E-state index contributed by atoms with van der Waals surface area (Å²) in [6.07, 6.45) is 5.84. The molecule has 0 aliphatic carbocycles. The molecule has 0 aromatic carbocycles. The first-order chi connectivity index (χ1) is 7.66. The van der Waals surface area contributed by atoms with Crippen molar-refractivity contribution >= 4 is 27.7 Å². The minimum atomic E-state index is -1.06. The smallest absolute Gasteiger partial charge is 0.356 e. The lowest BCUT2D eigenvalue weighted by Gasteiger charge is -2.25. The van der Waals surface area contributed by atoms with E-state index in [0.29, 0.717) is 5.82 Å². The third kappa shape index (κ3) is 2.38. The second-order valence-electron chi connectivity index (χ2n) is 3.43. The van der Waals surface area contributed by atoms with E-state index in [-0.39, 0.29) is 5.69 Å². The number of nitrogens with zero attached hydrogens (tertiary/aromatic N) is 3. The summed E-state index contributed by atoms with van der Waals surface area (Å²) in [6.45, 7) is 1.62. The lowest BCUT2D eigenvalue weighted by Crippen LogP contribution is -2.29. The van der Waals surface area contributed by atoms with E-state index >= 15 is 0 Å². The molecule has 1 aromatic rings. The Bertz CT molecular complexity index is 430. The largest absolute Gasteiger partial charge is 0.476 e. The Morgan fingerprint density at radius 1 is 1.44 bits per heavy atom. The van der Waals surface area contributed by atoms with Crippen LogP contribution in [0.1, 0.15) is 16.9 Å². The van der Waals surface area contributed by atoms with Crippen molar-refractivity contribution in [3.05, 3.63) is 28.6 Å². The van der Waals surface area contributed by atoms with Crippen LogP contribution in [0.5, 0.6) is 0 Å². The number of halogens is 1. The summed E-state index contributed by atoms with van der Waals surface area (Å²) in [5, 5.41) is 8.70. The first-order valence-electron chi connectivity index (χ1n) is 4.81. The second kappa shape index (κ2) is 4.61. The number of carbonyl (C=O) groups is 1. The van der Waals surface area contributed by atoms with Crippen molar-refractivity contribution in [3.8, 4) is 0 Å². The van der Waals surface area contributed by atoms with Crippen molar-refractivity contribution in [2.75, 3.05) is 18.0 Å². The van der Waals surface area contributed by atoms with Gasteiger partial charge in [-0.2, -0.15) is 0 Å². The SMILES string of the molecule is O=C(O)c1cnc(N2CCC=C(Br)C2)cn1. The number of carboxylic acid groups (broad SMARTS) is 1. The molecular formula is C10H10BrN3O2. The van der Waals surface area contributed by atoms with E-state index in [2.05, 4.69) is 32.0 Å². The normalized spacial score (nSPS) is 15.8. The Kier molecular flexibility index (Phi) is 3.19. The van der Waals surface area contributed by atoms with Crippen molar-refractivity contribution in [2.45, 2.75) is 6.42 Å². The highest BCUT2D eigenvalue weighted by molar-refractivity contribution is 9.11. The van der Waals surface area contributed by atoms with Crippen LogP contribution in [0.15, 0.2) is 23.0 Å². The average Bonchev–Trinajstić information content (AvgIpc) is 2.29. The molecule has 0 radical (unpaired) electrons. The molecule has 0 saturated carbocycles. The molecule has 1 N–H and O–H groups in total. The molecule has 0 atom stereocenters. The monoisotopic (exact) mass is 283 g/mol. The van der Waals surface area contributed by atoms with Gasteiger partial charge in [-0.3, -0.25) is 0 Å². The zero-order chi connectivity index (χ0) is 11.5. The molecule has 0 spiro atoms. The maximum Gasteiger partial charge on any atom is 0.356 e. The topological polar surface area (TPSA) is 66.3 Å². The van der Waals surface area contributed by atoms with Crippen LogP contribution < -0.4 is 4.90 Å². The zero-order valence-electron chi connectivity index (χ0n) is 8.43. The van der Waals surface area contributed by atoms with Crippen molar-refractivity contribution in [1.29, 1.82) is 0 Å². The number of anilines is 1. The fourth-order valence-corrected chi connectivity index (χ4v) is 2.03. The summed E-state index contributed by atoms with van der Waals surface area (Å²) in [5.41, 5.74) is -0.0321. The van der Waals surface area contributed by atoms with Gasteiger partial charge < -0.3 is 10.0 Å². The quantitative estimate of drug-likeness (QED) is 0.894. The van der Waals surface area contributed by atoms with E-state index in [0.717, 1.165) is 24.0 Å². The van der Waals surface area contributed by atoms with Crippen LogP contribution in [-0.4, -0.2) is 34.1 Å². The summed E-state index contributed by atoms with van der Waals surface area (Å²) < 4.78 is 1.11. The van der Waals surface area contributed by atoms with Gasteiger partial charge in [0.05, 0.1) is 18.9 Å². The summed E-state index contributed by atoms with van der Waals surface area (Å²) in [5.74, 6) is -0.353. The van der Waals surface area contributed by atoms with Crippen molar-refractivity contribution in [1.82, 2.24) is 9.97 Å². The minimum Gasteiger partial charge on any atom is -0.476 e. The molecule has 1 aromatic heterocycles. The summed E-state index contributed by atoms with van der Waals surface area (Å²) in [6, 6.07) is 0. The summed E-state index contributed by atoms with van der Waals surface area (Å²) in [7, 11) is 0. The molecule has 0 amide bonds. The van der Waals surface area contributed by atoms with E-state index in [9.17, 15) is 4.79 Å². The van der Waals surface area contributed by atoms with Gasteiger partial charge in [0.25, 0.3) is 0 Å². The van der Waals surface area contributed by atoms with Gasteiger partial charge in [-0.1, -0.05) is 22.0 Å². The Hall–Kier alpha value is -1.43. The van der Waals surface area contributed by atoms with Crippen LogP contribution in [0, 0.1) is 0 Å². The fourth-order valence-electron chi connectivity index (χ4n) is 1.49. The van der Waals surface area contributed by atoms with E-state index in [1.165, 1.54) is 12.4 Å². The molecule has 16 heavy (non-hydrogen) atoms. The van der Waals surface area contributed by atoms with Crippen LogP contribution in [0.25, 0.3) is 0 Å². The molecule has 1 aliphatic rings. The molecule has 1 aliphatic heterocycles. The Labute approximate surface area is 101 Å². The first kappa shape index (κ1) is 11.1. The lowest BCUT2D eigenvalue weighted by atomic mass is 10.2. The molecule has 5 nitrogen and oxygen atoms in total. The van der Waals surface area contributed by atoms with Crippen molar-refractivity contribution in [2.24, 2.45) is 0 Å². The van der Waals surface area contributed by atoms with Gasteiger partial charge in [0.2, 0.25) is 0 Å². The maximum atomic E-state index is 10.6. The molecule has 6 heteroatoms. The van der Waals surface area contributed by atoms with Gasteiger partial charge in [-0.15, -0.1) is 0 Å². The van der Waals surface area contributed by atoms with Crippen LogP contribution in [0.2, 0.25) is 0 Å². The number of aromatic nitrogens is 2. The van der Waals surface area contributed by atoms with Crippen molar-refractivity contribution in [3.63, 3.8) is 0 Å². The standard InChI is InChI=1S/C10H10BrN3O2/c11-7-2-1-3-14(6-7)9-5-12-8(4-13-9)10(15)16/h2,4-5H,1,3,6H2,(H,15,16). The number of rotatable bonds is 2. The molecule has 0 unspecified atom stereocenters. The van der Waals surface area contributed by atoms with E-state index < -0.39 is 5.97 Å². The molecule has 0 saturated heterocycles. The van der Waals surface area contributed by atoms with Crippen LogP contribution in [-0.2, 0) is 0 Å². The van der Waals surface area contributed by atoms with Gasteiger partial charge in [-0.05, 0) is 6.42 Å². The third-order valence-corrected chi connectivity index (χ3v) is 2.86. The predicted molar refractivity (Wildman–Crippen MR) is 62.8 cm³/mol. The van der Waals surface area contributed by atoms with Crippen LogP contribution in [0.4, 0.5) is 5.82 Å². The number of hydrogen-bond acceptors (Lipinski definition) is 4. The predicted octanol–water partition coefficient (Wildman–Crippen LogP) is 1.66. The number of hydrogen-bond donors (Lipinski definition) is 1. The maximum absolute atomic E-state index is 10.6. The lowest BCUT2D eigenvalue weighted by molar-refractivity contribution is 0.0690. The molecule has 0 fully saturated rings. The van der Waals surface area contributed by atoms with Gasteiger partial charge >= 0.3 is 5.97 Å². The molecule has 0 bridgehead atoms. The van der Waals surface area contributed by atoms with Gasteiger partial charge in [0.15, 0.2) is 5.69 Å². The zero-order valence-corrected chi connectivity index (χ0v) is 10.0. The Morgan fingerprint density at radius 3 is 2.81 bits per heavy atom.